The van der Waals surface area contributed by atoms with Gasteiger partial charge in [-0.1, -0.05) is 17.3 Å². The van der Waals surface area contributed by atoms with Crippen molar-refractivity contribution in [2.45, 2.75) is 38.6 Å². The molecule has 0 saturated carbocycles. The predicted molar refractivity (Wildman–Crippen MR) is 116 cm³/mol. The van der Waals surface area contributed by atoms with Crippen molar-refractivity contribution in [1.82, 2.24) is 29.9 Å². The first-order valence-electron chi connectivity index (χ1n) is 10.5. The fourth-order valence-electron chi connectivity index (χ4n) is 3.03. The van der Waals surface area contributed by atoms with Crippen molar-refractivity contribution >= 4 is 12.2 Å². The van der Waals surface area contributed by atoms with E-state index in [1.54, 1.807) is 35.4 Å². The van der Waals surface area contributed by atoms with Crippen molar-refractivity contribution in [3.8, 4) is 5.75 Å². The molecule has 0 unspecified atom stereocenters. The molecule has 34 heavy (non-hydrogen) atoms. The summed E-state index contributed by atoms with van der Waals surface area (Å²) in [6.45, 7) is 0.971. The van der Waals surface area contributed by atoms with E-state index in [-0.39, 0.29) is 6.61 Å². The van der Waals surface area contributed by atoms with E-state index in [1.807, 2.05) is 6.20 Å². The van der Waals surface area contributed by atoms with Gasteiger partial charge in [0.25, 0.3) is 0 Å². The Morgan fingerprint density at radius 3 is 2.53 bits per heavy atom. The molecule has 0 spiro atoms. The van der Waals surface area contributed by atoms with Gasteiger partial charge in [0.1, 0.15) is 24.4 Å². The summed E-state index contributed by atoms with van der Waals surface area (Å²) in [4.78, 5) is 12.9. The minimum Gasteiger partial charge on any atom is -0.484 e. The van der Waals surface area contributed by atoms with Gasteiger partial charge in [-0.25, -0.2) is 15.0 Å². The molecule has 0 N–H and O–H groups in total. The molecule has 4 rings (SSSR count). The first kappa shape index (κ1) is 23.1. The maximum atomic E-state index is 12.6. The van der Waals surface area contributed by atoms with Gasteiger partial charge in [-0.2, -0.15) is 13.2 Å². The van der Waals surface area contributed by atoms with Crippen LogP contribution in [0.25, 0.3) is 12.2 Å². The molecule has 3 aromatic heterocycles. The minimum absolute atomic E-state index is 0.165. The van der Waals surface area contributed by atoms with Crippen LogP contribution in [-0.4, -0.2) is 29.9 Å². The van der Waals surface area contributed by atoms with Gasteiger partial charge in [-0.15, -0.1) is 5.10 Å². The van der Waals surface area contributed by atoms with Crippen molar-refractivity contribution < 1.29 is 22.3 Å². The zero-order valence-electron chi connectivity index (χ0n) is 18.0. The quantitative estimate of drug-likeness (QED) is 0.306. The van der Waals surface area contributed by atoms with Crippen molar-refractivity contribution in [2.24, 2.45) is 0 Å². The summed E-state index contributed by atoms with van der Waals surface area (Å²) in [7, 11) is 0. The SMILES string of the molecule is FC(F)(F)c1ccc(C=Cc2nc(COc3cnc(CCCCn4ccnn4)nc3)co2)cc1. The number of nitrogens with zero attached hydrogens (tertiary/aromatic N) is 6. The van der Waals surface area contributed by atoms with E-state index in [0.29, 0.717) is 22.9 Å². The Balaban J connectivity index is 1.21. The van der Waals surface area contributed by atoms with Crippen molar-refractivity contribution in [3.05, 3.63) is 83.9 Å². The smallest absolute Gasteiger partial charge is 0.416 e. The zero-order chi connectivity index (χ0) is 23.8. The first-order chi connectivity index (χ1) is 16.5. The fraction of sp³-hybridized carbons (Fsp3) is 0.261. The third kappa shape index (κ3) is 6.74. The van der Waals surface area contributed by atoms with E-state index in [9.17, 15) is 13.2 Å². The van der Waals surface area contributed by atoms with Crippen LogP contribution in [0.1, 0.15) is 41.4 Å². The van der Waals surface area contributed by atoms with Gasteiger partial charge in [-0.05, 0) is 36.6 Å². The van der Waals surface area contributed by atoms with Gasteiger partial charge >= 0.3 is 6.18 Å². The Hall–Kier alpha value is -4.02. The van der Waals surface area contributed by atoms with Crippen LogP contribution in [0.4, 0.5) is 13.2 Å². The molecule has 8 nitrogen and oxygen atoms in total. The van der Waals surface area contributed by atoms with Crippen LogP contribution < -0.4 is 4.74 Å². The lowest BCUT2D eigenvalue weighted by atomic mass is 10.1. The Bertz CT molecular complexity index is 1190. The van der Waals surface area contributed by atoms with E-state index < -0.39 is 11.7 Å². The third-order valence-corrected chi connectivity index (χ3v) is 4.80. The standard InChI is InChI=1S/C23H21F3N6O2/c24-23(25,26)18-7-4-17(5-8-18)6-9-22-30-19(16-34-22)15-33-20-13-27-21(28-14-20)3-1-2-11-32-12-10-29-31-32/h4-10,12-14,16H,1-3,11,15H2. The molecular weight excluding hydrogens is 449 g/mol. The molecule has 0 amide bonds. The summed E-state index contributed by atoms with van der Waals surface area (Å²) < 4.78 is 50.7. The molecule has 11 heteroatoms. The van der Waals surface area contributed by atoms with Crippen LogP contribution in [0.5, 0.6) is 5.75 Å². The lowest BCUT2D eigenvalue weighted by molar-refractivity contribution is -0.137. The second-order valence-corrected chi connectivity index (χ2v) is 7.38. The molecule has 0 aliphatic heterocycles. The summed E-state index contributed by atoms with van der Waals surface area (Å²) in [5.74, 6) is 1.57. The highest BCUT2D eigenvalue weighted by Gasteiger charge is 2.29. The van der Waals surface area contributed by atoms with Crippen molar-refractivity contribution in [1.29, 1.82) is 0 Å². The van der Waals surface area contributed by atoms with Gasteiger partial charge in [0, 0.05) is 25.2 Å². The van der Waals surface area contributed by atoms with Crippen LogP contribution in [-0.2, 0) is 25.7 Å². The average Bonchev–Trinajstić information content (AvgIpc) is 3.52. The normalized spacial score (nSPS) is 11.9. The molecule has 0 fully saturated rings. The van der Waals surface area contributed by atoms with Crippen LogP contribution >= 0.6 is 0 Å². The van der Waals surface area contributed by atoms with Crippen LogP contribution in [0, 0.1) is 0 Å². The van der Waals surface area contributed by atoms with E-state index in [0.717, 1.165) is 43.8 Å². The molecule has 0 aliphatic rings. The first-order valence-corrected chi connectivity index (χ1v) is 10.5. The zero-order valence-corrected chi connectivity index (χ0v) is 18.0. The van der Waals surface area contributed by atoms with Crippen LogP contribution in [0.15, 0.2) is 59.7 Å². The number of oxazole rings is 1. The highest BCUT2D eigenvalue weighted by molar-refractivity contribution is 5.66. The lowest BCUT2D eigenvalue weighted by Gasteiger charge is -2.05. The number of hydrogen-bond donors (Lipinski definition) is 0. The molecule has 176 valence electrons. The molecule has 1 aromatic carbocycles. The van der Waals surface area contributed by atoms with E-state index in [1.165, 1.54) is 18.4 Å². The van der Waals surface area contributed by atoms with Gasteiger partial charge in [0.15, 0.2) is 5.75 Å². The Morgan fingerprint density at radius 2 is 1.82 bits per heavy atom. The molecule has 0 saturated heterocycles. The number of alkyl halides is 3. The van der Waals surface area contributed by atoms with Crippen LogP contribution in [0.3, 0.4) is 0 Å². The molecule has 0 aliphatic carbocycles. The second-order valence-electron chi connectivity index (χ2n) is 7.38. The summed E-state index contributed by atoms with van der Waals surface area (Å²) >= 11 is 0. The number of benzene rings is 1. The average molecular weight is 470 g/mol. The number of rotatable bonds is 10. The Kier molecular flexibility index (Phi) is 7.31. The molecule has 0 bridgehead atoms. The summed E-state index contributed by atoms with van der Waals surface area (Å²) in [5.41, 5.74) is 0.462. The second kappa shape index (κ2) is 10.7. The summed E-state index contributed by atoms with van der Waals surface area (Å²) in [6, 6.07) is 4.82. The van der Waals surface area contributed by atoms with E-state index in [4.69, 9.17) is 9.15 Å². The monoisotopic (exact) mass is 470 g/mol. The highest BCUT2D eigenvalue weighted by atomic mass is 19.4. The number of ether oxygens (including phenoxy) is 1. The summed E-state index contributed by atoms with van der Waals surface area (Å²) in [6.07, 6.45) is 9.65. The van der Waals surface area contributed by atoms with E-state index >= 15 is 0 Å². The maximum Gasteiger partial charge on any atom is 0.416 e. The highest BCUT2D eigenvalue weighted by Crippen LogP contribution is 2.29. The Labute approximate surface area is 193 Å². The molecule has 0 atom stereocenters. The van der Waals surface area contributed by atoms with Gasteiger partial charge in [0.05, 0.1) is 24.2 Å². The summed E-state index contributed by atoms with van der Waals surface area (Å²) in [5, 5.41) is 7.69. The van der Waals surface area contributed by atoms with Crippen molar-refractivity contribution in [2.75, 3.05) is 0 Å². The minimum atomic E-state index is -4.36. The van der Waals surface area contributed by atoms with Gasteiger partial charge in [0.2, 0.25) is 5.89 Å². The number of aryl methyl sites for hydroxylation is 2. The van der Waals surface area contributed by atoms with Crippen LogP contribution in [0.2, 0.25) is 0 Å². The Morgan fingerprint density at radius 1 is 1.03 bits per heavy atom. The van der Waals surface area contributed by atoms with Gasteiger partial charge < -0.3 is 9.15 Å². The molecule has 0 radical (unpaired) electrons. The molecular formula is C23H21F3N6O2. The fourth-order valence-corrected chi connectivity index (χ4v) is 3.03. The molecule has 4 aromatic rings. The molecule has 3 heterocycles. The largest absolute Gasteiger partial charge is 0.484 e. The number of hydrogen-bond acceptors (Lipinski definition) is 7. The number of aromatic nitrogens is 6. The topological polar surface area (TPSA) is 91.8 Å². The predicted octanol–water partition coefficient (Wildman–Crippen LogP) is 4.85. The number of halogens is 3. The van der Waals surface area contributed by atoms with Gasteiger partial charge in [-0.3, -0.25) is 4.68 Å². The lowest BCUT2D eigenvalue weighted by Crippen LogP contribution is -2.03. The number of unbranched alkanes of at least 4 members (excludes halogenated alkanes) is 1. The maximum absolute atomic E-state index is 12.6. The third-order valence-electron chi connectivity index (χ3n) is 4.80. The van der Waals surface area contributed by atoms with Crippen molar-refractivity contribution in [3.63, 3.8) is 0 Å². The van der Waals surface area contributed by atoms with E-state index in [2.05, 4.69) is 25.3 Å².